The molecule has 2 N–H and O–H groups in total. The van der Waals surface area contributed by atoms with Gasteiger partial charge in [-0.3, -0.25) is 0 Å². The van der Waals surface area contributed by atoms with E-state index in [2.05, 4.69) is 37.4 Å². The smallest absolute Gasteiger partial charge is 0.0790 e. The van der Waals surface area contributed by atoms with Crippen molar-refractivity contribution in [1.29, 1.82) is 0 Å². The van der Waals surface area contributed by atoms with E-state index in [9.17, 15) is 5.11 Å². The number of benzene rings is 1. The Morgan fingerprint density at radius 2 is 1.80 bits per heavy atom. The molecule has 1 aromatic carbocycles. The monoisotopic (exact) mass is 207 g/mol. The molecule has 0 aromatic heterocycles. The maximum atomic E-state index is 9.97. The summed E-state index contributed by atoms with van der Waals surface area (Å²) in [4.78, 5) is 0. The van der Waals surface area contributed by atoms with Crippen molar-refractivity contribution >= 4 is 0 Å². The fourth-order valence-corrected chi connectivity index (χ4v) is 1.84. The van der Waals surface area contributed by atoms with Crippen LogP contribution in [-0.4, -0.2) is 18.7 Å². The molecule has 0 spiro atoms. The molecule has 0 fully saturated rings. The molecule has 0 radical (unpaired) electrons. The summed E-state index contributed by atoms with van der Waals surface area (Å²) in [6.45, 7) is 5.09. The number of aryl methyl sites for hydroxylation is 2. The zero-order chi connectivity index (χ0) is 11.3. The predicted molar refractivity (Wildman–Crippen MR) is 64.0 cm³/mol. The number of aliphatic hydroxyl groups excluding tert-OH is 1. The fraction of sp³-hybridized carbons (Fsp3) is 0.538. The van der Waals surface area contributed by atoms with E-state index >= 15 is 0 Å². The van der Waals surface area contributed by atoms with Crippen LogP contribution in [-0.2, 0) is 0 Å². The minimum absolute atomic E-state index is 0.322. The molecule has 15 heavy (non-hydrogen) atoms. The molecule has 0 saturated heterocycles. The lowest BCUT2D eigenvalue weighted by Gasteiger charge is -2.12. The average Bonchev–Trinajstić information content (AvgIpc) is 2.16. The van der Waals surface area contributed by atoms with Crippen LogP contribution in [0, 0.1) is 13.8 Å². The zero-order valence-electron chi connectivity index (χ0n) is 9.88. The van der Waals surface area contributed by atoms with Crippen molar-refractivity contribution < 1.29 is 5.11 Å². The molecule has 0 amide bonds. The highest BCUT2D eigenvalue weighted by molar-refractivity contribution is 5.29. The predicted octanol–water partition coefficient (Wildman–Crippen LogP) is 2.34. The summed E-state index contributed by atoms with van der Waals surface area (Å²) in [5.74, 6) is 0. The van der Waals surface area contributed by atoms with Gasteiger partial charge in [-0.05, 0) is 45.8 Å². The van der Waals surface area contributed by atoms with Gasteiger partial charge in [-0.15, -0.1) is 0 Å². The number of rotatable bonds is 5. The van der Waals surface area contributed by atoms with E-state index < -0.39 is 0 Å². The van der Waals surface area contributed by atoms with Crippen molar-refractivity contribution in [3.8, 4) is 0 Å². The largest absolute Gasteiger partial charge is 0.388 e. The van der Waals surface area contributed by atoms with Gasteiger partial charge in [0.1, 0.15) is 0 Å². The van der Waals surface area contributed by atoms with Crippen molar-refractivity contribution in [2.75, 3.05) is 13.6 Å². The third-order valence-electron chi connectivity index (χ3n) is 2.53. The standard InChI is InChI=1S/C13H21NO/c1-10-7-11(2)9-12(8-10)13(15)5-4-6-14-3/h7-9,13-15H,4-6H2,1-3H3. The van der Waals surface area contributed by atoms with Gasteiger partial charge in [-0.1, -0.05) is 29.3 Å². The lowest BCUT2D eigenvalue weighted by atomic mass is 10.0. The SMILES string of the molecule is CNCCCC(O)c1cc(C)cc(C)c1. The third-order valence-corrected chi connectivity index (χ3v) is 2.53. The van der Waals surface area contributed by atoms with E-state index in [0.29, 0.717) is 0 Å². The second kappa shape index (κ2) is 5.89. The van der Waals surface area contributed by atoms with Crippen LogP contribution in [0.5, 0.6) is 0 Å². The van der Waals surface area contributed by atoms with Gasteiger partial charge in [0.15, 0.2) is 0 Å². The molecular weight excluding hydrogens is 186 g/mol. The normalized spacial score (nSPS) is 12.8. The highest BCUT2D eigenvalue weighted by atomic mass is 16.3. The van der Waals surface area contributed by atoms with Gasteiger partial charge >= 0.3 is 0 Å². The Hall–Kier alpha value is -0.860. The van der Waals surface area contributed by atoms with E-state index in [4.69, 9.17) is 0 Å². The van der Waals surface area contributed by atoms with Crippen LogP contribution >= 0.6 is 0 Å². The summed E-state index contributed by atoms with van der Waals surface area (Å²) < 4.78 is 0. The van der Waals surface area contributed by atoms with Gasteiger partial charge in [-0.25, -0.2) is 0 Å². The summed E-state index contributed by atoms with van der Waals surface area (Å²) >= 11 is 0. The van der Waals surface area contributed by atoms with Crippen LogP contribution in [0.4, 0.5) is 0 Å². The number of hydrogen-bond donors (Lipinski definition) is 2. The van der Waals surface area contributed by atoms with E-state index in [1.807, 2.05) is 7.05 Å². The molecule has 1 rings (SSSR count). The molecule has 0 bridgehead atoms. The second-order valence-electron chi connectivity index (χ2n) is 4.18. The zero-order valence-corrected chi connectivity index (χ0v) is 9.88. The van der Waals surface area contributed by atoms with Crippen molar-refractivity contribution in [1.82, 2.24) is 5.32 Å². The van der Waals surface area contributed by atoms with E-state index in [0.717, 1.165) is 24.9 Å². The van der Waals surface area contributed by atoms with Gasteiger partial charge in [0.05, 0.1) is 6.10 Å². The Morgan fingerprint density at radius 3 is 2.33 bits per heavy atom. The summed E-state index contributed by atoms with van der Waals surface area (Å²) in [6.07, 6.45) is 1.51. The van der Waals surface area contributed by atoms with Crippen LogP contribution in [0.1, 0.15) is 35.6 Å². The van der Waals surface area contributed by atoms with Gasteiger partial charge in [0.2, 0.25) is 0 Å². The average molecular weight is 207 g/mol. The molecule has 0 aliphatic carbocycles. The highest BCUT2D eigenvalue weighted by Gasteiger charge is 2.07. The van der Waals surface area contributed by atoms with Crippen LogP contribution in [0.3, 0.4) is 0 Å². The lowest BCUT2D eigenvalue weighted by molar-refractivity contribution is 0.164. The highest BCUT2D eigenvalue weighted by Crippen LogP contribution is 2.20. The summed E-state index contributed by atoms with van der Waals surface area (Å²) in [6, 6.07) is 6.26. The van der Waals surface area contributed by atoms with Crippen LogP contribution in [0.25, 0.3) is 0 Å². The molecule has 1 atom stereocenters. The maximum absolute atomic E-state index is 9.97. The van der Waals surface area contributed by atoms with E-state index in [1.165, 1.54) is 11.1 Å². The van der Waals surface area contributed by atoms with Crippen molar-refractivity contribution in [3.63, 3.8) is 0 Å². The molecule has 1 aromatic rings. The second-order valence-corrected chi connectivity index (χ2v) is 4.18. The lowest BCUT2D eigenvalue weighted by Crippen LogP contribution is -2.09. The number of aliphatic hydroxyl groups is 1. The maximum Gasteiger partial charge on any atom is 0.0790 e. The Morgan fingerprint density at radius 1 is 1.20 bits per heavy atom. The molecule has 2 heteroatoms. The fourth-order valence-electron chi connectivity index (χ4n) is 1.84. The Kier molecular flexibility index (Phi) is 4.79. The molecule has 0 saturated carbocycles. The van der Waals surface area contributed by atoms with Gasteiger partial charge in [0, 0.05) is 0 Å². The van der Waals surface area contributed by atoms with E-state index in [1.54, 1.807) is 0 Å². The third kappa shape index (κ3) is 4.02. The van der Waals surface area contributed by atoms with Crippen molar-refractivity contribution in [3.05, 3.63) is 34.9 Å². The molecule has 0 aliphatic rings. The molecule has 84 valence electrons. The van der Waals surface area contributed by atoms with Crippen LogP contribution < -0.4 is 5.32 Å². The first kappa shape index (κ1) is 12.2. The molecule has 1 unspecified atom stereocenters. The van der Waals surface area contributed by atoms with Crippen molar-refractivity contribution in [2.24, 2.45) is 0 Å². The van der Waals surface area contributed by atoms with E-state index in [-0.39, 0.29) is 6.10 Å². The first-order valence-corrected chi connectivity index (χ1v) is 5.54. The molecule has 0 aliphatic heterocycles. The Labute approximate surface area is 92.3 Å². The molecule has 0 heterocycles. The number of hydrogen-bond acceptors (Lipinski definition) is 2. The summed E-state index contributed by atoms with van der Waals surface area (Å²) in [5, 5.41) is 13.1. The first-order chi connectivity index (χ1) is 7.13. The van der Waals surface area contributed by atoms with Gasteiger partial charge in [-0.2, -0.15) is 0 Å². The van der Waals surface area contributed by atoms with Gasteiger partial charge in [0.25, 0.3) is 0 Å². The van der Waals surface area contributed by atoms with Crippen molar-refractivity contribution in [2.45, 2.75) is 32.8 Å². The minimum Gasteiger partial charge on any atom is -0.388 e. The number of nitrogens with one attached hydrogen (secondary N) is 1. The molecule has 2 nitrogen and oxygen atoms in total. The Balaban J connectivity index is 2.60. The Bertz CT molecular complexity index is 289. The quantitative estimate of drug-likeness (QED) is 0.726. The minimum atomic E-state index is -0.322. The van der Waals surface area contributed by atoms with Crippen LogP contribution in [0.2, 0.25) is 0 Å². The topological polar surface area (TPSA) is 32.3 Å². The van der Waals surface area contributed by atoms with Gasteiger partial charge < -0.3 is 10.4 Å². The summed E-state index contributed by atoms with van der Waals surface area (Å²) in [7, 11) is 1.93. The first-order valence-electron chi connectivity index (χ1n) is 5.54. The van der Waals surface area contributed by atoms with Crippen LogP contribution in [0.15, 0.2) is 18.2 Å². The summed E-state index contributed by atoms with van der Waals surface area (Å²) in [5.41, 5.74) is 3.49. The molecular formula is C13H21NO.